The Labute approximate surface area is 80.5 Å². The number of nitrogens with zero attached hydrogens (tertiary/aromatic N) is 1. The zero-order valence-electron chi connectivity index (χ0n) is 8.68. The minimum atomic E-state index is 0.300. The van der Waals surface area contributed by atoms with Gasteiger partial charge in [0.25, 0.3) is 0 Å². The predicted molar refractivity (Wildman–Crippen MR) is 53.5 cm³/mol. The molecule has 3 heteroatoms. The van der Waals surface area contributed by atoms with E-state index >= 15 is 0 Å². The highest BCUT2D eigenvalue weighted by molar-refractivity contribution is 5.76. The molecule has 0 aliphatic carbocycles. The Morgan fingerprint density at radius 2 is 2.08 bits per heavy atom. The van der Waals surface area contributed by atoms with E-state index in [-0.39, 0.29) is 0 Å². The fraction of sp³-hybridized carbons (Fsp3) is 0.900. The summed E-state index contributed by atoms with van der Waals surface area (Å²) >= 11 is 0. The smallest absolute Gasteiger partial charge is 0.222 e. The molecule has 1 rings (SSSR count). The Kier molecular flexibility index (Phi) is 4.22. The molecule has 1 amide bonds. The minimum absolute atomic E-state index is 0.300. The molecule has 1 saturated heterocycles. The van der Waals surface area contributed by atoms with Crippen LogP contribution < -0.4 is 5.32 Å². The number of carbonyl (C=O) groups excluding carboxylic acids is 1. The Hall–Kier alpha value is -0.570. The van der Waals surface area contributed by atoms with E-state index in [1.807, 2.05) is 18.9 Å². The van der Waals surface area contributed by atoms with Gasteiger partial charge in [0.2, 0.25) is 5.91 Å². The fourth-order valence-electron chi connectivity index (χ4n) is 1.66. The third kappa shape index (κ3) is 3.35. The van der Waals surface area contributed by atoms with Gasteiger partial charge in [-0.1, -0.05) is 0 Å². The molecule has 0 aromatic carbocycles. The maximum Gasteiger partial charge on any atom is 0.222 e. The van der Waals surface area contributed by atoms with Gasteiger partial charge in [0.1, 0.15) is 0 Å². The lowest BCUT2D eigenvalue weighted by Gasteiger charge is -2.24. The Morgan fingerprint density at radius 1 is 1.46 bits per heavy atom. The lowest BCUT2D eigenvalue weighted by molar-refractivity contribution is -0.130. The van der Waals surface area contributed by atoms with E-state index in [0.29, 0.717) is 11.8 Å². The van der Waals surface area contributed by atoms with Gasteiger partial charge in [0, 0.05) is 20.0 Å². The monoisotopic (exact) mass is 184 g/mol. The summed E-state index contributed by atoms with van der Waals surface area (Å²) in [7, 11) is 1.88. The van der Waals surface area contributed by atoms with Gasteiger partial charge in [-0.15, -0.1) is 0 Å². The second kappa shape index (κ2) is 5.22. The van der Waals surface area contributed by atoms with Crippen molar-refractivity contribution in [3.63, 3.8) is 0 Å². The van der Waals surface area contributed by atoms with E-state index in [1.165, 1.54) is 0 Å². The standard InChI is InChI=1S/C10H20N2O/c1-3-12(2)10(13)8-9-4-6-11-7-5-9/h9,11H,3-8H2,1-2H3. The largest absolute Gasteiger partial charge is 0.346 e. The molecule has 1 fully saturated rings. The van der Waals surface area contributed by atoms with Crippen molar-refractivity contribution in [3.05, 3.63) is 0 Å². The molecule has 0 radical (unpaired) electrons. The van der Waals surface area contributed by atoms with Crippen molar-refractivity contribution >= 4 is 5.91 Å². The SMILES string of the molecule is CCN(C)C(=O)CC1CCNCC1. The zero-order chi connectivity index (χ0) is 9.68. The normalized spacial score (nSPS) is 18.6. The lowest BCUT2D eigenvalue weighted by atomic mass is 9.94. The summed E-state index contributed by atoms with van der Waals surface area (Å²) < 4.78 is 0. The quantitative estimate of drug-likeness (QED) is 0.705. The molecule has 0 bridgehead atoms. The van der Waals surface area contributed by atoms with Gasteiger partial charge < -0.3 is 10.2 Å². The summed E-state index contributed by atoms with van der Waals surface area (Å²) in [5.41, 5.74) is 0. The highest BCUT2D eigenvalue weighted by Gasteiger charge is 2.17. The first-order chi connectivity index (χ1) is 6.24. The van der Waals surface area contributed by atoms with Crippen molar-refractivity contribution in [2.45, 2.75) is 26.2 Å². The van der Waals surface area contributed by atoms with Gasteiger partial charge in [-0.2, -0.15) is 0 Å². The summed E-state index contributed by atoms with van der Waals surface area (Å²) in [4.78, 5) is 13.4. The molecule has 76 valence electrons. The molecule has 3 nitrogen and oxygen atoms in total. The van der Waals surface area contributed by atoms with Crippen LogP contribution in [0, 0.1) is 5.92 Å². The average molecular weight is 184 g/mol. The van der Waals surface area contributed by atoms with E-state index in [9.17, 15) is 4.79 Å². The highest BCUT2D eigenvalue weighted by atomic mass is 16.2. The van der Waals surface area contributed by atoms with Crippen molar-refractivity contribution in [1.29, 1.82) is 0 Å². The summed E-state index contributed by atoms with van der Waals surface area (Å²) in [6, 6.07) is 0. The second-order valence-electron chi connectivity index (χ2n) is 3.81. The average Bonchev–Trinajstić information content (AvgIpc) is 2.18. The first kappa shape index (κ1) is 10.5. The molecular formula is C10H20N2O. The summed E-state index contributed by atoms with van der Waals surface area (Å²) in [5, 5.41) is 3.31. The molecule has 0 atom stereocenters. The van der Waals surface area contributed by atoms with Crippen LogP contribution in [0.5, 0.6) is 0 Å². The van der Waals surface area contributed by atoms with Crippen molar-refractivity contribution in [3.8, 4) is 0 Å². The zero-order valence-corrected chi connectivity index (χ0v) is 8.68. The Morgan fingerprint density at radius 3 is 2.62 bits per heavy atom. The first-order valence-corrected chi connectivity index (χ1v) is 5.18. The maximum atomic E-state index is 11.5. The number of nitrogens with one attached hydrogen (secondary N) is 1. The van der Waals surface area contributed by atoms with Crippen LogP contribution in [0.3, 0.4) is 0 Å². The third-order valence-corrected chi connectivity index (χ3v) is 2.82. The maximum absolute atomic E-state index is 11.5. The van der Waals surface area contributed by atoms with Gasteiger partial charge in [0.15, 0.2) is 0 Å². The predicted octanol–water partition coefficient (Wildman–Crippen LogP) is 0.854. The highest BCUT2D eigenvalue weighted by Crippen LogP contribution is 2.16. The van der Waals surface area contributed by atoms with Gasteiger partial charge >= 0.3 is 0 Å². The van der Waals surface area contributed by atoms with Crippen LogP contribution in [0.15, 0.2) is 0 Å². The van der Waals surface area contributed by atoms with Crippen LogP contribution in [-0.4, -0.2) is 37.5 Å². The molecule has 0 aromatic rings. The van der Waals surface area contributed by atoms with Crippen molar-refractivity contribution in [2.24, 2.45) is 5.92 Å². The van der Waals surface area contributed by atoms with Crippen LogP contribution in [0.25, 0.3) is 0 Å². The molecule has 0 aromatic heterocycles. The van der Waals surface area contributed by atoms with Gasteiger partial charge in [-0.05, 0) is 38.8 Å². The molecule has 1 aliphatic heterocycles. The fourth-order valence-corrected chi connectivity index (χ4v) is 1.66. The molecule has 0 saturated carbocycles. The van der Waals surface area contributed by atoms with E-state index in [4.69, 9.17) is 0 Å². The van der Waals surface area contributed by atoms with Crippen molar-refractivity contribution < 1.29 is 4.79 Å². The van der Waals surface area contributed by atoms with Gasteiger partial charge in [-0.25, -0.2) is 0 Å². The van der Waals surface area contributed by atoms with Crippen LogP contribution >= 0.6 is 0 Å². The van der Waals surface area contributed by atoms with Crippen LogP contribution in [-0.2, 0) is 4.79 Å². The van der Waals surface area contributed by atoms with E-state index in [1.54, 1.807) is 0 Å². The second-order valence-corrected chi connectivity index (χ2v) is 3.81. The number of hydrogen-bond donors (Lipinski definition) is 1. The first-order valence-electron chi connectivity index (χ1n) is 5.18. The molecule has 0 unspecified atom stereocenters. The van der Waals surface area contributed by atoms with Crippen LogP contribution in [0.2, 0.25) is 0 Å². The van der Waals surface area contributed by atoms with E-state index in [0.717, 1.165) is 38.9 Å². The topological polar surface area (TPSA) is 32.3 Å². The summed E-state index contributed by atoms with van der Waals surface area (Å²) in [6.45, 7) is 4.99. The molecule has 1 N–H and O–H groups in total. The van der Waals surface area contributed by atoms with Gasteiger partial charge in [0.05, 0.1) is 0 Å². The molecular weight excluding hydrogens is 164 g/mol. The summed E-state index contributed by atoms with van der Waals surface area (Å²) in [5.74, 6) is 0.914. The molecule has 13 heavy (non-hydrogen) atoms. The van der Waals surface area contributed by atoms with Crippen molar-refractivity contribution in [1.82, 2.24) is 10.2 Å². The van der Waals surface area contributed by atoms with E-state index < -0.39 is 0 Å². The lowest BCUT2D eigenvalue weighted by Crippen LogP contribution is -2.33. The van der Waals surface area contributed by atoms with Gasteiger partial charge in [-0.3, -0.25) is 4.79 Å². The Balaban J connectivity index is 2.26. The molecule has 1 aliphatic rings. The number of carbonyl (C=O) groups is 1. The van der Waals surface area contributed by atoms with Crippen molar-refractivity contribution in [2.75, 3.05) is 26.7 Å². The van der Waals surface area contributed by atoms with Crippen LogP contribution in [0.4, 0.5) is 0 Å². The molecule has 1 heterocycles. The number of hydrogen-bond acceptors (Lipinski definition) is 2. The molecule has 0 spiro atoms. The Bertz CT molecular complexity index is 164. The number of amides is 1. The number of rotatable bonds is 3. The number of piperidine rings is 1. The third-order valence-electron chi connectivity index (χ3n) is 2.82. The van der Waals surface area contributed by atoms with E-state index in [2.05, 4.69) is 5.32 Å². The van der Waals surface area contributed by atoms with Crippen LogP contribution in [0.1, 0.15) is 26.2 Å². The summed E-state index contributed by atoms with van der Waals surface area (Å²) in [6.07, 6.45) is 3.05. The minimum Gasteiger partial charge on any atom is -0.346 e.